The van der Waals surface area contributed by atoms with Crippen LogP contribution in [0.4, 0.5) is 5.69 Å². The highest BCUT2D eigenvalue weighted by Crippen LogP contribution is 2.20. The molecule has 0 fully saturated rings. The number of hydrogen-bond acceptors (Lipinski definition) is 8. The van der Waals surface area contributed by atoms with E-state index in [1.807, 2.05) is 26.0 Å². The van der Waals surface area contributed by atoms with Crippen LogP contribution in [0.5, 0.6) is 5.75 Å². The maximum Gasteiger partial charge on any atom is 0.337 e. The fraction of sp³-hybridized carbons (Fsp3) is 0.238. The number of carbonyl (C=O) groups excluding carboxylic acids is 2. The molecular weight excluding hydrogens is 406 g/mol. The van der Waals surface area contributed by atoms with Crippen molar-refractivity contribution in [1.82, 2.24) is 10.2 Å². The van der Waals surface area contributed by atoms with Crippen LogP contribution in [-0.4, -0.2) is 34.9 Å². The van der Waals surface area contributed by atoms with Gasteiger partial charge in [0.25, 0.3) is 11.1 Å². The second-order valence-corrected chi connectivity index (χ2v) is 7.41. The Hall–Kier alpha value is -3.33. The van der Waals surface area contributed by atoms with Crippen molar-refractivity contribution in [2.45, 2.75) is 25.7 Å². The molecule has 0 spiro atoms. The van der Waals surface area contributed by atoms with Crippen molar-refractivity contribution in [2.75, 3.05) is 18.2 Å². The average Bonchev–Trinajstić information content (AvgIpc) is 3.18. The summed E-state index contributed by atoms with van der Waals surface area (Å²) < 4.78 is 15.8. The zero-order chi connectivity index (χ0) is 21.5. The van der Waals surface area contributed by atoms with Crippen LogP contribution in [-0.2, 0) is 16.1 Å². The molecule has 0 radical (unpaired) electrons. The molecule has 30 heavy (non-hydrogen) atoms. The summed E-state index contributed by atoms with van der Waals surface area (Å²) in [5.74, 6) is 0.486. The molecule has 3 rings (SSSR count). The summed E-state index contributed by atoms with van der Waals surface area (Å²) in [6.45, 7) is 4.15. The highest BCUT2D eigenvalue weighted by atomic mass is 32.2. The summed E-state index contributed by atoms with van der Waals surface area (Å²) in [7, 11) is 1.31. The molecule has 1 aromatic heterocycles. The second kappa shape index (κ2) is 9.93. The lowest BCUT2D eigenvalue weighted by molar-refractivity contribution is -0.113. The van der Waals surface area contributed by atoms with Crippen LogP contribution in [0.2, 0.25) is 0 Å². The minimum Gasteiger partial charge on any atom is -0.484 e. The first-order chi connectivity index (χ1) is 14.4. The molecule has 1 N–H and O–H groups in total. The van der Waals surface area contributed by atoms with Gasteiger partial charge in [-0.3, -0.25) is 4.79 Å². The van der Waals surface area contributed by atoms with Crippen molar-refractivity contribution in [3.63, 3.8) is 0 Å². The lowest BCUT2D eigenvalue weighted by atomic mass is 10.1. The van der Waals surface area contributed by atoms with E-state index in [-0.39, 0.29) is 23.5 Å². The van der Waals surface area contributed by atoms with Crippen molar-refractivity contribution < 1.29 is 23.5 Å². The maximum absolute atomic E-state index is 12.1. The number of hydrogen-bond donors (Lipinski definition) is 1. The van der Waals surface area contributed by atoms with Gasteiger partial charge in [-0.15, -0.1) is 10.2 Å². The van der Waals surface area contributed by atoms with E-state index in [0.29, 0.717) is 17.1 Å². The van der Waals surface area contributed by atoms with E-state index in [0.717, 1.165) is 28.6 Å². The van der Waals surface area contributed by atoms with Crippen LogP contribution in [0.1, 0.15) is 27.4 Å². The van der Waals surface area contributed by atoms with Crippen LogP contribution < -0.4 is 10.1 Å². The van der Waals surface area contributed by atoms with Crippen LogP contribution in [0.3, 0.4) is 0 Å². The van der Waals surface area contributed by atoms with Crippen LogP contribution >= 0.6 is 11.8 Å². The van der Waals surface area contributed by atoms with E-state index in [4.69, 9.17) is 9.15 Å². The number of thioether (sulfide) groups is 1. The number of amides is 1. The number of anilines is 1. The third-order valence-electron chi connectivity index (χ3n) is 3.92. The smallest absolute Gasteiger partial charge is 0.337 e. The highest BCUT2D eigenvalue weighted by molar-refractivity contribution is 7.99. The molecule has 0 saturated carbocycles. The summed E-state index contributed by atoms with van der Waals surface area (Å²) in [4.78, 5) is 23.5. The number of methoxy groups -OCH3 is 1. The number of aryl methyl sites for hydroxylation is 2. The number of rotatable bonds is 8. The van der Waals surface area contributed by atoms with Gasteiger partial charge in [0.15, 0.2) is 6.61 Å². The van der Waals surface area contributed by atoms with Gasteiger partial charge >= 0.3 is 5.97 Å². The number of nitrogens with one attached hydrogen (secondary N) is 1. The molecule has 0 aliphatic rings. The Balaban J connectivity index is 1.46. The zero-order valence-electron chi connectivity index (χ0n) is 16.8. The quantitative estimate of drug-likeness (QED) is 0.428. The van der Waals surface area contributed by atoms with Crippen molar-refractivity contribution in [3.8, 4) is 5.75 Å². The topological polar surface area (TPSA) is 104 Å². The van der Waals surface area contributed by atoms with Crippen LogP contribution in [0.15, 0.2) is 52.1 Å². The highest BCUT2D eigenvalue weighted by Gasteiger charge is 2.11. The van der Waals surface area contributed by atoms with Crippen molar-refractivity contribution in [3.05, 3.63) is 65.0 Å². The number of ether oxygens (including phenoxy) is 2. The molecule has 2 aromatic carbocycles. The molecule has 8 nitrogen and oxygen atoms in total. The van der Waals surface area contributed by atoms with E-state index < -0.39 is 5.97 Å². The first-order valence-electron chi connectivity index (χ1n) is 9.07. The van der Waals surface area contributed by atoms with E-state index >= 15 is 0 Å². The van der Waals surface area contributed by atoms with Gasteiger partial charge in [0.2, 0.25) is 5.91 Å². The molecule has 0 saturated heterocycles. The van der Waals surface area contributed by atoms with Gasteiger partial charge in [-0.1, -0.05) is 17.8 Å². The van der Waals surface area contributed by atoms with Crippen molar-refractivity contribution in [1.29, 1.82) is 0 Å². The lowest BCUT2D eigenvalue weighted by Gasteiger charge is -2.06. The largest absolute Gasteiger partial charge is 0.484 e. The molecule has 0 aliphatic heterocycles. The third-order valence-corrected chi connectivity index (χ3v) is 4.74. The first-order valence-corrected chi connectivity index (χ1v) is 10.1. The normalized spacial score (nSPS) is 10.5. The van der Waals surface area contributed by atoms with Crippen LogP contribution in [0, 0.1) is 13.8 Å². The van der Waals surface area contributed by atoms with Gasteiger partial charge in [-0.2, -0.15) is 0 Å². The van der Waals surface area contributed by atoms with Gasteiger partial charge in [-0.05, 0) is 61.4 Å². The third kappa shape index (κ3) is 6.08. The standard InChI is InChI=1S/C21H21N3O5S/c1-13-8-14(2)10-17(9-13)28-11-19-23-24-21(29-19)30-12-18(25)22-16-6-4-15(5-7-16)20(26)27-3/h4-10H,11-12H2,1-3H3,(H,22,25). The Morgan fingerprint density at radius 2 is 1.77 bits per heavy atom. The van der Waals surface area contributed by atoms with Gasteiger partial charge < -0.3 is 19.2 Å². The fourth-order valence-electron chi connectivity index (χ4n) is 2.65. The second-order valence-electron chi connectivity index (χ2n) is 6.48. The average molecular weight is 427 g/mol. The summed E-state index contributed by atoms with van der Waals surface area (Å²) in [5.41, 5.74) is 3.20. The Labute approximate surface area is 178 Å². The van der Waals surface area contributed by atoms with E-state index in [1.165, 1.54) is 7.11 Å². The lowest BCUT2D eigenvalue weighted by Crippen LogP contribution is -2.14. The van der Waals surface area contributed by atoms with Gasteiger partial charge in [0.05, 0.1) is 18.4 Å². The molecule has 0 unspecified atom stereocenters. The predicted molar refractivity (Wildman–Crippen MR) is 112 cm³/mol. The molecule has 0 atom stereocenters. The Bertz CT molecular complexity index is 1010. The number of esters is 1. The molecule has 9 heteroatoms. The molecule has 0 aliphatic carbocycles. The molecule has 156 valence electrons. The van der Waals surface area contributed by atoms with Crippen molar-refractivity contribution in [2.24, 2.45) is 0 Å². The van der Waals surface area contributed by atoms with E-state index in [1.54, 1.807) is 24.3 Å². The molecule has 3 aromatic rings. The zero-order valence-corrected chi connectivity index (χ0v) is 17.6. The molecule has 1 heterocycles. The van der Waals surface area contributed by atoms with Gasteiger partial charge in [-0.25, -0.2) is 4.79 Å². The van der Waals surface area contributed by atoms with Gasteiger partial charge in [0, 0.05) is 5.69 Å². The monoisotopic (exact) mass is 427 g/mol. The number of nitrogens with zero attached hydrogens (tertiary/aromatic N) is 2. The molecule has 0 bridgehead atoms. The summed E-state index contributed by atoms with van der Waals surface area (Å²) in [5, 5.41) is 10.9. The number of aromatic nitrogens is 2. The molecule has 1 amide bonds. The predicted octanol–water partition coefficient (Wildman–Crippen LogP) is 3.78. The summed E-state index contributed by atoms with van der Waals surface area (Å²) in [6, 6.07) is 12.3. The maximum atomic E-state index is 12.1. The number of carbonyl (C=O) groups is 2. The van der Waals surface area contributed by atoms with E-state index in [2.05, 4.69) is 26.3 Å². The first kappa shape index (κ1) is 21.4. The minimum atomic E-state index is -0.433. The SMILES string of the molecule is COC(=O)c1ccc(NC(=O)CSc2nnc(COc3cc(C)cc(C)c3)o2)cc1. The molecular formula is C21H21N3O5S. The van der Waals surface area contributed by atoms with Crippen LogP contribution in [0.25, 0.3) is 0 Å². The Kier molecular flexibility index (Phi) is 7.08. The minimum absolute atomic E-state index is 0.0956. The number of benzene rings is 2. The van der Waals surface area contributed by atoms with Crippen molar-refractivity contribution >= 4 is 29.3 Å². The summed E-state index contributed by atoms with van der Waals surface area (Å²) in [6.07, 6.45) is 0. The Morgan fingerprint density at radius 1 is 1.07 bits per heavy atom. The summed E-state index contributed by atoms with van der Waals surface area (Å²) >= 11 is 1.12. The fourth-order valence-corrected chi connectivity index (χ4v) is 3.23. The van der Waals surface area contributed by atoms with E-state index in [9.17, 15) is 9.59 Å². The van der Waals surface area contributed by atoms with Gasteiger partial charge in [0.1, 0.15) is 5.75 Å². The Morgan fingerprint density at radius 3 is 2.43 bits per heavy atom.